The Morgan fingerprint density at radius 2 is 1.74 bits per heavy atom. The topological polar surface area (TPSA) is 87.5 Å². The van der Waals surface area contributed by atoms with Crippen molar-refractivity contribution in [2.24, 2.45) is 17.6 Å². The Balaban J connectivity index is 0.00000408. The van der Waals surface area contributed by atoms with E-state index in [1.54, 1.807) is 19.2 Å². The number of carbonyl (C=O) groups excluding carboxylic acids is 2. The van der Waals surface area contributed by atoms with E-state index < -0.39 is 41.2 Å². The van der Waals surface area contributed by atoms with Crippen LogP contribution in [0.2, 0.25) is 0 Å². The largest absolute Gasteiger partial charge is 0.326 e. The van der Waals surface area contributed by atoms with Crippen LogP contribution in [0.15, 0.2) is 42.5 Å². The van der Waals surface area contributed by atoms with Gasteiger partial charge in [-0.05, 0) is 43.1 Å². The minimum atomic E-state index is -1.02. The zero-order chi connectivity index (χ0) is 24.3. The second kappa shape index (κ2) is 11.7. The van der Waals surface area contributed by atoms with E-state index in [2.05, 4.69) is 10.6 Å². The third kappa shape index (κ3) is 5.40. The summed E-state index contributed by atoms with van der Waals surface area (Å²) >= 11 is 0. The van der Waals surface area contributed by atoms with Crippen LogP contribution in [0.4, 0.5) is 14.5 Å². The lowest BCUT2D eigenvalue weighted by Crippen LogP contribution is -2.54. The smallest absolute Gasteiger partial charge is 0.252 e. The summed E-state index contributed by atoms with van der Waals surface area (Å²) in [6.07, 6.45) is 0.735. The molecule has 5 atom stereocenters. The number of rotatable bonds is 8. The van der Waals surface area contributed by atoms with Crippen LogP contribution in [0.25, 0.3) is 0 Å². The number of hydrogen-bond acceptors (Lipinski definition) is 4. The quantitative estimate of drug-likeness (QED) is 0.517. The first kappa shape index (κ1) is 27.7. The molecule has 34 heavy (non-hydrogen) atoms. The van der Waals surface area contributed by atoms with Gasteiger partial charge in [-0.1, -0.05) is 50.6 Å². The van der Waals surface area contributed by atoms with E-state index in [0.29, 0.717) is 5.56 Å². The van der Waals surface area contributed by atoms with Crippen molar-refractivity contribution in [1.29, 1.82) is 0 Å². The van der Waals surface area contributed by atoms with Gasteiger partial charge >= 0.3 is 0 Å². The van der Waals surface area contributed by atoms with Gasteiger partial charge in [-0.15, -0.1) is 12.4 Å². The zero-order valence-corrected chi connectivity index (χ0v) is 20.7. The number of para-hydroxylation sites is 1. The van der Waals surface area contributed by atoms with Gasteiger partial charge in [-0.25, -0.2) is 8.78 Å². The van der Waals surface area contributed by atoms with Crippen molar-refractivity contribution in [3.63, 3.8) is 0 Å². The SMILES string of the molecule is CC[C@H](C)[C@H](C(=O)N1Cc2ccccc2[C@H]1C(=O)Nc1c(F)cccc1F)C(N)[C@H](C)NC.Cl. The molecule has 0 bridgehead atoms. The number of likely N-dealkylation sites (N-methyl/N-ethyl adjacent to an activating group) is 1. The van der Waals surface area contributed by atoms with Crippen molar-refractivity contribution >= 4 is 29.9 Å². The normalized spacial score (nSPS) is 18.3. The highest BCUT2D eigenvalue weighted by molar-refractivity contribution is 5.99. The standard InChI is InChI=1S/C25H32F2N4O2.ClH/c1-5-14(2)20(21(28)15(3)29-4)25(33)31-13-16-9-6-7-10-17(16)23(31)24(32)30-22-18(26)11-8-12-19(22)27;/h6-12,14-15,20-21,23,29H,5,13,28H2,1-4H3,(H,30,32);1H/t14-,15-,20-,21?,23-;/m0./s1. The minimum Gasteiger partial charge on any atom is -0.326 e. The minimum absolute atomic E-state index is 0. The summed E-state index contributed by atoms with van der Waals surface area (Å²) in [5.41, 5.74) is 7.42. The van der Waals surface area contributed by atoms with Crippen molar-refractivity contribution in [2.75, 3.05) is 12.4 Å². The summed E-state index contributed by atoms with van der Waals surface area (Å²) in [6.45, 7) is 6.10. The molecule has 9 heteroatoms. The molecule has 0 radical (unpaired) electrons. The van der Waals surface area contributed by atoms with E-state index in [1.807, 2.05) is 32.9 Å². The van der Waals surface area contributed by atoms with Crippen molar-refractivity contribution in [1.82, 2.24) is 10.2 Å². The highest BCUT2D eigenvalue weighted by Gasteiger charge is 2.44. The second-order valence-electron chi connectivity index (χ2n) is 8.72. The first-order chi connectivity index (χ1) is 15.7. The van der Waals surface area contributed by atoms with Crippen LogP contribution >= 0.6 is 12.4 Å². The number of amides is 2. The molecule has 0 fully saturated rings. The third-order valence-corrected chi connectivity index (χ3v) is 6.73. The van der Waals surface area contributed by atoms with Gasteiger partial charge < -0.3 is 21.3 Å². The summed E-state index contributed by atoms with van der Waals surface area (Å²) < 4.78 is 28.4. The summed E-state index contributed by atoms with van der Waals surface area (Å²) in [4.78, 5) is 28.7. The van der Waals surface area contributed by atoms with Crippen LogP contribution in [0.5, 0.6) is 0 Å². The molecule has 1 aliphatic heterocycles. The number of carbonyl (C=O) groups is 2. The van der Waals surface area contributed by atoms with Crippen LogP contribution in [-0.4, -0.2) is 35.8 Å². The van der Waals surface area contributed by atoms with E-state index >= 15 is 0 Å². The number of anilines is 1. The molecule has 1 aliphatic rings. The predicted octanol–water partition coefficient (Wildman–Crippen LogP) is 4.01. The molecule has 0 aromatic heterocycles. The molecule has 3 rings (SSSR count). The molecular weight excluding hydrogens is 462 g/mol. The van der Waals surface area contributed by atoms with Crippen molar-refractivity contribution in [2.45, 2.75) is 51.9 Å². The number of fused-ring (bicyclic) bond motifs is 1. The molecule has 0 aliphatic carbocycles. The van der Waals surface area contributed by atoms with Gasteiger partial charge in [0.15, 0.2) is 0 Å². The Morgan fingerprint density at radius 3 is 2.32 bits per heavy atom. The Hall–Kier alpha value is -2.55. The number of benzene rings is 2. The van der Waals surface area contributed by atoms with Gasteiger partial charge in [0, 0.05) is 18.6 Å². The highest BCUT2D eigenvalue weighted by atomic mass is 35.5. The Bertz CT molecular complexity index is 1000. The fraction of sp³-hybridized carbons (Fsp3) is 0.440. The van der Waals surface area contributed by atoms with E-state index in [-0.39, 0.29) is 36.8 Å². The van der Waals surface area contributed by atoms with Gasteiger partial charge in [0.05, 0.1) is 5.92 Å². The molecule has 0 saturated heterocycles. The molecule has 6 nitrogen and oxygen atoms in total. The first-order valence-corrected chi connectivity index (χ1v) is 11.3. The highest BCUT2D eigenvalue weighted by Crippen LogP contribution is 2.37. The number of halogens is 3. The van der Waals surface area contributed by atoms with Crippen LogP contribution in [-0.2, 0) is 16.1 Å². The Kier molecular flexibility index (Phi) is 9.55. The average Bonchev–Trinajstić information content (AvgIpc) is 3.20. The van der Waals surface area contributed by atoms with E-state index in [4.69, 9.17) is 5.73 Å². The summed E-state index contributed by atoms with van der Waals surface area (Å²) in [5.74, 6) is -3.24. The Morgan fingerprint density at radius 1 is 1.12 bits per heavy atom. The molecule has 0 spiro atoms. The average molecular weight is 495 g/mol. The molecule has 1 unspecified atom stereocenters. The monoisotopic (exact) mass is 494 g/mol. The molecule has 2 aromatic carbocycles. The lowest BCUT2D eigenvalue weighted by Gasteiger charge is -2.36. The van der Waals surface area contributed by atoms with Gasteiger partial charge in [0.2, 0.25) is 5.91 Å². The van der Waals surface area contributed by atoms with Gasteiger partial charge in [0.25, 0.3) is 5.91 Å². The third-order valence-electron chi connectivity index (χ3n) is 6.73. The summed E-state index contributed by atoms with van der Waals surface area (Å²) in [7, 11) is 1.79. The fourth-order valence-electron chi connectivity index (χ4n) is 4.42. The van der Waals surface area contributed by atoms with Crippen LogP contribution in [0.1, 0.15) is 44.4 Å². The molecule has 4 N–H and O–H groups in total. The maximum Gasteiger partial charge on any atom is 0.252 e. The molecule has 186 valence electrons. The molecule has 2 aromatic rings. The Labute approximate surface area is 205 Å². The van der Waals surface area contributed by atoms with Crippen molar-refractivity contribution < 1.29 is 18.4 Å². The molecule has 1 heterocycles. The van der Waals surface area contributed by atoms with Crippen molar-refractivity contribution in [3.8, 4) is 0 Å². The van der Waals surface area contributed by atoms with E-state index in [9.17, 15) is 18.4 Å². The molecular formula is C25H33ClF2N4O2. The first-order valence-electron chi connectivity index (χ1n) is 11.3. The second-order valence-corrected chi connectivity index (χ2v) is 8.72. The van der Waals surface area contributed by atoms with Gasteiger partial charge in [-0.3, -0.25) is 9.59 Å². The number of hydrogen-bond donors (Lipinski definition) is 3. The van der Waals surface area contributed by atoms with E-state index in [0.717, 1.165) is 24.1 Å². The van der Waals surface area contributed by atoms with Crippen LogP contribution in [0.3, 0.4) is 0 Å². The number of nitrogens with zero attached hydrogens (tertiary/aromatic N) is 1. The fourth-order valence-corrected chi connectivity index (χ4v) is 4.42. The molecule has 0 saturated carbocycles. The summed E-state index contributed by atoms with van der Waals surface area (Å²) in [6, 6.07) is 8.96. The van der Waals surface area contributed by atoms with Crippen molar-refractivity contribution in [3.05, 3.63) is 65.2 Å². The molecule has 2 amide bonds. The van der Waals surface area contributed by atoms with Gasteiger partial charge in [-0.2, -0.15) is 0 Å². The maximum atomic E-state index is 14.2. The number of nitrogens with two attached hydrogens (primary N) is 1. The zero-order valence-electron chi connectivity index (χ0n) is 19.8. The van der Waals surface area contributed by atoms with Crippen LogP contribution in [0, 0.1) is 23.5 Å². The lowest BCUT2D eigenvalue weighted by atomic mass is 9.81. The lowest BCUT2D eigenvalue weighted by molar-refractivity contribution is -0.144. The van der Waals surface area contributed by atoms with Crippen LogP contribution < -0.4 is 16.4 Å². The number of nitrogens with one attached hydrogen (secondary N) is 2. The predicted molar refractivity (Wildman–Crippen MR) is 131 cm³/mol. The summed E-state index contributed by atoms with van der Waals surface area (Å²) in [5, 5.41) is 5.47. The van der Waals surface area contributed by atoms with E-state index in [1.165, 1.54) is 11.0 Å². The maximum absolute atomic E-state index is 14.2. The van der Waals surface area contributed by atoms with Gasteiger partial charge in [0.1, 0.15) is 23.4 Å².